The molecule has 1 unspecified atom stereocenters. The van der Waals surface area contributed by atoms with Crippen LogP contribution in [-0.2, 0) is 0 Å². The average Bonchev–Trinajstić information content (AvgIpc) is 2.93. The Balaban J connectivity index is 1.78. The van der Waals surface area contributed by atoms with Gasteiger partial charge in [0.2, 0.25) is 6.04 Å². The van der Waals surface area contributed by atoms with E-state index in [1.54, 1.807) is 10.8 Å². The molecule has 2 aromatic carbocycles. The van der Waals surface area contributed by atoms with Crippen LogP contribution in [0.4, 0.5) is 5.82 Å². The molecule has 0 spiro atoms. The average molecular weight is 306 g/mol. The molecule has 23 heavy (non-hydrogen) atoms. The molecule has 114 valence electrons. The van der Waals surface area contributed by atoms with E-state index in [4.69, 9.17) is 4.74 Å². The number of rotatable bonds is 3. The standard InChI is InChI=1S/C18H15N3O2/c1-2-23-13-7-5-6-12(10-13)17-18(22)21-15-9-4-3-8-14(15)19-11-16(21)20-17/h3-11,17H,2H2,1H3/p+1. The summed E-state index contributed by atoms with van der Waals surface area (Å²) in [5.74, 6) is 1.47. The van der Waals surface area contributed by atoms with Crippen LogP contribution in [0.3, 0.4) is 0 Å². The van der Waals surface area contributed by atoms with Gasteiger partial charge in [-0.05, 0) is 31.2 Å². The fourth-order valence-corrected chi connectivity index (χ4v) is 2.94. The molecule has 0 saturated carbocycles. The first-order valence-corrected chi connectivity index (χ1v) is 7.61. The van der Waals surface area contributed by atoms with Crippen LogP contribution < -0.4 is 14.6 Å². The highest BCUT2D eigenvalue weighted by Crippen LogP contribution is 2.27. The van der Waals surface area contributed by atoms with Crippen LogP contribution in [0.25, 0.3) is 11.0 Å². The van der Waals surface area contributed by atoms with Gasteiger partial charge in [0.1, 0.15) is 17.5 Å². The number of ether oxygens (including phenoxy) is 1. The molecule has 1 aliphatic rings. The van der Waals surface area contributed by atoms with Crippen molar-refractivity contribution in [1.82, 2.24) is 4.98 Å². The zero-order chi connectivity index (χ0) is 15.8. The van der Waals surface area contributed by atoms with Gasteiger partial charge in [-0.1, -0.05) is 24.3 Å². The third-order valence-electron chi connectivity index (χ3n) is 3.95. The number of para-hydroxylation sites is 2. The molecular weight excluding hydrogens is 290 g/mol. The third-order valence-corrected chi connectivity index (χ3v) is 3.95. The van der Waals surface area contributed by atoms with E-state index >= 15 is 0 Å². The van der Waals surface area contributed by atoms with Gasteiger partial charge >= 0.3 is 11.7 Å². The topological polar surface area (TPSA) is 55.1 Å². The molecule has 1 aliphatic heterocycles. The summed E-state index contributed by atoms with van der Waals surface area (Å²) < 4.78 is 7.23. The maximum absolute atomic E-state index is 12.9. The minimum atomic E-state index is -0.428. The monoisotopic (exact) mass is 306 g/mol. The van der Waals surface area contributed by atoms with E-state index in [9.17, 15) is 4.79 Å². The van der Waals surface area contributed by atoms with Crippen molar-refractivity contribution < 1.29 is 14.1 Å². The molecule has 5 heteroatoms. The SMILES string of the molecule is CCOc1cccc(C2Nc3cnc4ccccc4[n+]3C2=O)c1. The van der Waals surface area contributed by atoms with E-state index in [1.165, 1.54) is 0 Å². The van der Waals surface area contributed by atoms with Crippen LogP contribution in [-0.4, -0.2) is 17.5 Å². The summed E-state index contributed by atoms with van der Waals surface area (Å²) in [6.45, 7) is 2.54. The number of anilines is 1. The minimum absolute atomic E-state index is 0.00718. The predicted octanol–water partition coefficient (Wildman–Crippen LogP) is 2.73. The first-order chi connectivity index (χ1) is 11.3. The molecule has 0 amide bonds. The van der Waals surface area contributed by atoms with Crippen molar-refractivity contribution in [2.75, 3.05) is 11.9 Å². The quantitative estimate of drug-likeness (QED) is 0.756. The lowest BCUT2D eigenvalue weighted by Crippen LogP contribution is -2.41. The molecule has 0 saturated heterocycles. The van der Waals surface area contributed by atoms with Crippen LogP contribution in [0.15, 0.2) is 54.7 Å². The number of aromatic nitrogens is 2. The van der Waals surface area contributed by atoms with Crippen LogP contribution in [0.5, 0.6) is 5.75 Å². The van der Waals surface area contributed by atoms with Gasteiger partial charge in [-0.15, -0.1) is 0 Å². The first-order valence-electron chi connectivity index (χ1n) is 7.61. The molecule has 1 aromatic heterocycles. The van der Waals surface area contributed by atoms with E-state index in [0.717, 1.165) is 22.3 Å². The van der Waals surface area contributed by atoms with Crippen molar-refractivity contribution in [3.63, 3.8) is 0 Å². The first kappa shape index (κ1) is 13.7. The number of fused-ring (bicyclic) bond motifs is 3. The molecule has 0 bridgehead atoms. The van der Waals surface area contributed by atoms with E-state index < -0.39 is 6.04 Å². The van der Waals surface area contributed by atoms with Crippen molar-refractivity contribution >= 4 is 22.8 Å². The molecule has 2 heterocycles. The van der Waals surface area contributed by atoms with Gasteiger partial charge in [0.15, 0.2) is 5.52 Å². The Hall–Kier alpha value is -2.95. The molecule has 0 fully saturated rings. The molecule has 0 aliphatic carbocycles. The van der Waals surface area contributed by atoms with Crippen molar-refractivity contribution in [3.8, 4) is 5.75 Å². The fraction of sp³-hybridized carbons (Fsp3) is 0.167. The molecule has 0 radical (unpaired) electrons. The number of hydrogen-bond acceptors (Lipinski definition) is 4. The van der Waals surface area contributed by atoms with Crippen LogP contribution in [0.1, 0.15) is 23.3 Å². The lowest BCUT2D eigenvalue weighted by molar-refractivity contribution is -0.524. The number of nitrogens with one attached hydrogen (secondary N) is 1. The molecule has 5 nitrogen and oxygen atoms in total. The Kier molecular flexibility index (Phi) is 3.19. The largest absolute Gasteiger partial charge is 0.494 e. The normalized spacial score (nSPS) is 16.2. The smallest absolute Gasteiger partial charge is 0.364 e. The summed E-state index contributed by atoms with van der Waals surface area (Å²) in [6, 6.07) is 14.8. The van der Waals surface area contributed by atoms with Crippen molar-refractivity contribution in [1.29, 1.82) is 0 Å². The maximum Gasteiger partial charge on any atom is 0.364 e. The Morgan fingerprint density at radius 2 is 2.09 bits per heavy atom. The van der Waals surface area contributed by atoms with Crippen molar-refractivity contribution in [2.45, 2.75) is 13.0 Å². The fourth-order valence-electron chi connectivity index (χ4n) is 2.94. The number of benzene rings is 2. The summed E-state index contributed by atoms with van der Waals surface area (Å²) in [5, 5.41) is 3.26. The number of hydrogen-bond donors (Lipinski definition) is 1. The molecule has 1 atom stereocenters. The van der Waals surface area contributed by atoms with Gasteiger partial charge < -0.3 is 4.74 Å². The summed E-state index contributed by atoms with van der Waals surface area (Å²) in [4.78, 5) is 17.3. The number of carbonyl (C=O) groups is 1. The number of carbonyl (C=O) groups excluding carboxylic acids is 1. The van der Waals surface area contributed by atoms with Gasteiger partial charge in [0.25, 0.3) is 0 Å². The van der Waals surface area contributed by atoms with E-state index in [2.05, 4.69) is 10.3 Å². The molecule has 3 aromatic rings. The van der Waals surface area contributed by atoms with Crippen molar-refractivity contribution in [2.24, 2.45) is 0 Å². The highest BCUT2D eigenvalue weighted by Gasteiger charge is 2.41. The predicted molar refractivity (Wildman–Crippen MR) is 86.5 cm³/mol. The van der Waals surface area contributed by atoms with Crippen LogP contribution in [0, 0.1) is 0 Å². The second-order valence-corrected chi connectivity index (χ2v) is 5.39. The van der Waals surface area contributed by atoms with E-state index in [0.29, 0.717) is 12.4 Å². The maximum atomic E-state index is 12.9. The highest BCUT2D eigenvalue weighted by molar-refractivity contribution is 5.87. The number of nitrogens with zero attached hydrogens (tertiary/aromatic N) is 2. The Bertz CT molecular complexity index is 908. The minimum Gasteiger partial charge on any atom is -0.494 e. The summed E-state index contributed by atoms with van der Waals surface area (Å²) in [6.07, 6.45) is 1.70. The second kappa shape index (κ2) is 5.35. The van der Waals surface area contributed by atoms with E-state index in [1.807, 2.05) is 55.5 Å². The second-order valence-electron chi connectivity index (χ2n) is 5.39. The Morgan fingerprint density at radius 1 is 1.22 bits per heavy atom. The van der Waals surface area contributed by atoms with Gasteiger partial charge in [0, 0.05) is 5.56 Å². The lowest BCUT2D eigenvalue weighted by Gasteiger charge is -2.07. The van der Waals surface area contributed by atoms with Crippen LogP contribution >= 0.6 is 0 Å². The Labute approximate surface area is 133 Å². The van der Waals surface area contributed by atoms with Gasteiger partial charge in [-0.25, -0.2) is 9.78 Å². The summed E-state index contributed by atoms with van der Waals surface area (Å²) >= 11 is 0. The van der Waals surface area contributed by atoms with Gasteiger partial charge in [-0.3, -0.25) is 5.32 Å². The van der Waals surface area contributed by atoms with Gasteiger partial charge in [-0.2, -0.15) is 4.57 Å². The molecule has 4 rings (SSSR count). The highest BCUT2D eigenvalue weighted by atomic mass is 16.5. The zero-order valence-corrected chi connectivity index (χ0v) is 12.7. The van der Waals surface area contributed by atoms with E-state index in [-0.39, 0.29) is 5.91 Å². The lowest BCUT2D eigenvalue weighted by atomic mass is 10.1. The third kappa shape index (κ3) is 2.21. The Morgan fingerprint density at radius 3 is 2.96 bits per heavy atom. The molecular formula is C18H16N3O2+. The summed E-state index contributed by atoms with van der Waals surface area (Å²) in [5.41, 5.74) is 2.50. The van der Waals surface area contributed by atoms with Crippen molar-refractivity contribution in [3.05, 3.63) is 60.3 Å². The molecule has 1 N–H and O–H groups in total. The van der Waals surface area contributed by atoms with Gasteiger partial charge in [0.05, 0.1) is 6.61 Å². The summed E-state index contributed by atoms with van der Waals surface area (Å²) in [7, 11) is 0. The van der Waals surface area contributed by atoms with Crippen LogP contribution in [0.2, 0.25) is 0 Å². The zero-order valence-electron chi connectivity index (χ0n) is 12.7.